The average Bonchev–Trinajstić information content (AvgIpc) is 3.25. The van der Waals surface area contributed by atoms with Gasteiger partial charge in [0.25, 0.3) is 15.9 Å². The Kier molecular flexibility index (Phi) is 6.86. The van der Waals surface area contributed by atoms with Crippen molar-refractivity contribution in [2.75, 3.05) is 23.3 Å². The van der Waals surface area contributed by atoms with Gasteiger partial charge in [-0.2, -0.15) is 11.3 Å². The van der Waals surface area contributed by atoms with E-state index in [0.717, 1.165) is 5.56 Å². The number of benzene rings is 2. The summed E-state index contributed by atoms with van der Waals surface area (Å²) < 4.78 is 31.9. The van der Waals surface area contributed by atoms with Crippen LogP contribution in [0.3, 0.4) is 0 Å². The van der Waals surface area contributed by atoms with Crippen molar-refractivity contribution in [3.05, 3.63) is 77.0 Å². The van der Waals surface area contributed by atoms with Crippen molar-refractivity contribution in [3.63, 3.8) is 0 Å². The molecule has 1 aromatic heterocycles. The molecule has 0 spiro atoms. The van der Waals surface area contributed by atoms with E-state index >= 15 is 0 Å². The monoisotopic (exact) mass is 444 g/mol. The summed E-state index contributed by atoms with van der Waals surface area (Å²) in [7, 11) is -2.35. The third-order valence-electron chi connectivity index (χ3n) is 4.19. The van der Waals surface area contributed by atoms with Crippen LogP contribution in [0.25, 0.3) is 0 Å². The number of nitrogens with zero attached hydrogens (tertiary/aromatic N) is 1. The molecule has 1 amide bonds. The molecule has 0 unspecified atom stereocenters. The van der Waals surface area contributed by atoms with E-state index < -0.39 is 28.5 Å². The molecule has 1 heterocycles. The van der Waals surface area contributed by atoms with Gasteiger partial charge in [-0.05, 0) is 52.7 Å². The van der Waals surface area contributed by atoms with E-state index in [1.54, 1.807) is 36.4 Å². The molecule has 7 nitrogen and oxygen atoms in total. The number of hydrogen-bond acceptors (Lipinski definition) is 6. The Hall–Kier alpha value is -3.17. The van der Waals surface area contributed by atoms with E-state index in [2.05, 4.69) is 5.32 Å². The van der Waals surface area contributed by atoms with Crippen LogP contribution in [0.4, 0.5) is 11.4 Å². The lowest BCUT2D eigenvalue weighted by Crippen LogP contribution is -2.26. The van der Waals surface area contributed by atoms with Crippen LogP contribution in [0.15, 0.2) is 76.3 Å². The first-order valence-corrected chi connectivity index (χ1v) is 11.3. The maximum Gasteiger partial charge on any atom is 0.310 e. The van der Waals surface area contributed by atoms with Crippen molar-refractivity contribution in [1.82, 2.24) is 0 Å². The third-order valence-corrected chi connectivity index (χ3v) is 6.70. The molecular formula is C21H20N2O5S2. The molecule has 30 heavy (non-hydrogen) atoms. The largest absolute Gasteiger partial charge is 0.455 e. The van der Waals surface area contributed by atoms with E-state index in [4.69, 9.17) is 4.74 Å². The quantitative estimate of drug-likeness (QED) is 0.538. The van der Waals surface area contributed by atoms with Crippen molar-refractivity contribution >= 4 is 44.6 Å². The predicted octanol–water partition coefficient (Wildman–Crippen LogP) is 3.30. The molecular weight excluding hydrogens is 424 g/mol. The number of rotatable bonds is 8. The van der Waals surface area contributed by atoms with Gasteiger partial charge in [-0.3, -0.25) is 13.9 Å². The van der Waals surface area contributed by atoms with Gasteiger partial charge in [-0.25, -0.2) is 8.42 Å². The van der Waals surface area contributed by atoms with Gasteiger partial charge in [-0.1, -0.05) is 24.3 Å². The van der Waals surface area contributed by atoms with Gasteiger partial charge in [0.15, 0.2) is 6.61 Å². The summed E-state index contributed by atoms with van der Waals surface area (Å²) in [5.74, 6) is -1.07. The van der Waals surface area contributed by atoms with Crippen molar-refractivity contribution < 1.29 is 22.7 Å². The summed E-state index contributed by atoms with van der Waals surface area (Å²) >= 11 is 1.47. The molecule has 0 aliphatic heterocycles. The van der Waals surface area contributed by atoms with Gasteiger partial charge in [0, 0.05) is 12.7 Å². The molecule has 9 heteroatoms. The zero-order valence-electron chi connectivity index (χ0n) is 16.1. The number of amides is 1. The molecule has 3 rings (SSSR count). The number of ether oxygens (including phenoxy) is 1. The molecule has 0 bridgehead atoms. The number of thiophene rings is 1. The Bertz CT molecular complexity index is 1110. The summed E-state index contributed by atoms with van der Waals surface area (Å²) in [6, 6.07) is 16.4. The minimum atomic E-state index is -3.81. The Morgan fingerprint density at radius 2 is 1.83 bits per heavy atom. The van der Waals surface area contributed by atoms with Crippen LogP contribution >= 0.6 is 11.3 Å². The number of carbonyl (C=O) groups excluding carboxylic acids is 2. The summed E-state index contributed by atoms with van der Waals surface area (Å²) in [6.07, 6.45) is 0.0936. The molecule has 0 aliphatic carbocycles. The molecule has 0 aliphatic rings. The molecule has 0 saturated heterocycles. The summed E-state index contributed by atoms with van der Waals surface area (Å²) in [6.45, 7) is -0.454. The number of hydrogen-bond donors (Lipinski definition) is 1. The maximum absolute atomic E-state index is 12.9. The van der Waals surface area contributed by atoms with Gasteiger partial charge in [-0.15, -0.1) is 0 Å². The molecule has 0 saturated carbocycles. The number of sulfonamides is 1. The Balaban J connectivity index is 1.62. The van der Waals surface area contributed by atoms with Crippen LogP contribution < -0.4 is 9.62 Å². The molecule has 0 fully saturated rings. The zero-order chi connectivity index (χ0) is 21.6. The fraction of sp³-hybridized carbons (Fsp3) is 0.143. The van der Waals surface area contributed by atoms with Crippen molar-refractivity contribution in [2.45, 2.75) is 11.3 Å². The molecule has 2 aromatic carbocycles. The topological polar surface area (TPSA) is 92.8 Å². The standard InChI is InChI=1S/C21H20N2O5S2/c1-23(18-7-3-2-4-8-18)30(26,27)19-9-5-6-17(13-19)22-20(24)14-28-21(25)12-16-10-11-29-15-16/h2-11,13,15H,12,14H2,1H3,(H,22,24). The van der Waals surface area contributed by atoms with E-state index in [0.29, 0.717) is 5.69 Å². The number of carbonyl (C=O) groups is 2. The molecule has 3 aromatic rings. The lowest BCUT2D eigenvalue weighted by molar-refractivity contribution is -0.146. The lowest BCUT2D eigenvalue weighted by Gasteiger charge is -2.19. The Morgan fingerprint density at radius 1 is 1.07 bits per heavy atom. The minimum Gasteiger partial charge on any atom is -0.455 e. The highest BCUT2D eigenvalue weighted by Gasteiger charge is 2.21. The number of nitrogens with one attached hydrogen (secondary N) is 1. The lowest BCUT2D eigenvalue weighted by atomic mass is 10.2. The number of esters is 1. The number of anilines is 2. The van der Waals surface area contributed by atoms with Crippen LogP contribution in [0, 0.1) is 0 Å². The fourth-order valence-electron chi connectivity index (χ4n) is 2.62. The second kappa shape index (κ2) is 9.55. The summed E-state index contributed by atoms with van der Waals surface area (Å²) in [5.41, 5.74) is 1.63. The SMILES string of the molecule is CN(c1ccccc1)S(=O)(=O)c1cccc(NC(=O)COC(=O)Cc2ccsc2)c1. The second-order valence-corrected chi connectivity index (χ2v) is 9.10. The van der Waals surface area contributed by atoms with E-state index in [9.17, 15) is 18.0 Å². The van der Waals surface area contributed by atoms with Gasteiger partial charge < -0.3 is 10.1 Å². The average molecular weight is 445 g/mol. The summed E-state index contributed by atoms with van der Waals surface area (Å²) in [5, 5.41) is 6.24. The first-order chi connectivity index (χ1) is 14.4. The van der Waals surface area contributed by atoms with Crippen LogP contribution in [-0.2, 0) is 30.8 Å². The molecule has 0 atom stereocenters. The minimum absolute atomic E-state index is 0.0288. The molecule has 1 N–H and O–H groups in total. The third kappa shape index (κ3) is 5.46. The first-order valence-electron chi connectivity index (χ1n) is 8.97. The Labute approximate surface area is 179 Å². The highest BCUT2D eigenvalue weighted by molar-refractivity contribution is 7.92. The van der Waals surface area contributed by atoms with E-state index in [1.807, 2.05) is 16.8 Å². The Morgan fingerprint density at radius 3 is 2.53 bits per heavy atom. The van der Waals surface area contributed by atoms with Gasteiger partial charge in [0.1, 0.15) is 0 Å². The molecule has 0 radical (unpaired) electrons. The fourth-order valence-corrected chi connectivity index (χ4v) is 4.53. The van der Waals surface area contributed by atoms with Crippen LogP contribution in [0.2, 0.25) is 0 Å². The van der Waals surface area contributed by atoms with Gasteiger partial charge in [0.05, 0.1) is 17.0 Å². The van der Waals surface area contributed by atoms with Gasteiger partial charge >= 0.3 is 5.97 Å². The van der Waals surface area contributed by atoms with Crippen LogP contribution in [0.1, 0.15) is 5.56 Å². The van der Waals surface area contributed by atoms with Crippen molar-refractivity contribution in [3.8, 4) is 0 Å². The predicted molar refractivity (Wildman–Crippen MR) is 116 cm³/mol. The van der Waals surface area contributed by atoms with Crippen molar-refractivity contribution in [1.29, 1.82) is 0 Å². The van der Waals surface area contributed by atoms with Crippen molar-refractivity contribution in [2.24, 2.45) is 0 Å². The highest BCUT2D eigenvalue weighted by atomic mass is 32.2. The van der Waals surface area contributed by atoms with Gasteiger partial charge in [0.2, 0.25) is 0 Å². The maximum atomic E-state index is 12.9. The number of para-hydroxylation sites is 1. The van der Waals surface area contributed by atoms with Crippen LogP contribution in [-0.4, -0.2) is 33.9 Å². The smallest absolute Gasteiger partial charge is 0.310 e. The van der Waals surface area contributed by atoms with E-state index in [-0.39, 0.29) is 17.0 Å². The van der Waals surface area contributed by atoms with Crippen LogP contribution in [0.5, 0.6) is 0 Å². The normalized spacial score (nSPS) is 11.0. The molecule has 156 valence electrons. The first kappa shape index (κ1) is 21.5. The zero-order valence-corrected chi connectivity index (χ0v) is 17.8. The second-order valence-electron chi connectivity index (χ2n) is 6.35. The van der Waals surface area contributed by atoms with E-state index in [1.165, 1.54) is 40.9 Å². The highest BCUT2D eigenvalue weighted by Crippen LogP contribution is 2.23. The summed E-state index contributed by atoms with van der Waals surface area (Å²) in [4.78, 5) is 23.9.